The first kappa shape index (κ1) is 14.7. The second kappa shape index (κ2) is 6.70. The van der Waals surface area contributed by atoms with Gasteiger partial charge in [-0.2, -0.15) is 4.37 Å². The maximum Gasteiger partial charge on any atom is 0.239 e. The Bertz CT molecular complexity index is 477. The fourth-order valence-corrected chi connectivity index (χ4v) is 3.72. The normalized spacial score (nSPS) is 23.4. The largest absolute Gasteiger partial charge is 0.343 e. The molecule has 2 aliphatic heterocycles. The Kier molecular flexibility index (Phi) is 4.70. The van der Waals surface area contributed by atoms with Gasteiger partial charge in [-0.1, -0.05) is 13.3 Å². The van der Waals surface area contributed by atoms with Gasteiger partial charge in [0.25, 0.3) is 0 Å². The Morgan fingerprint density at radius 1 is 1.33 bits per heavy atom. The molecule has 2 fully saturated rings. The number of hydrogen-bond acceptors (Lipinski definition) is 6. The lowest BCUT2D eigenvalue weighted by molar-refractivity contribution is -0.134. The summed E-state index contributed by atoms with van der Waals surface area (Å²) in [6.45, 7) is 6.34. The molecule has 0 aromatic carbocycles. The number of anilines is 1. The first-order valence-electron chi connectivity index (χ1n) is 7.87. The molecule has 21 heavy (non-hydrogen) atoms. The molecule has 7 heteroatoms. The highest BCUT2D eigenvalue weighted by Crippen LogP contribution is 2.20. The van der Waals surface area contributed by atoms with Crippen LogP contribution in [0.15, 0.2) is 0 Å². The third kappa shape index (κ3) is 3.35. The van der Waals surface area contributed by atoms with Crippen LogP contribution in [0.1, 0.15) is 32.0 Å². The Labute approximate surface area is 129 Å². The third-order valence-corrected chi connectivity index (χ3v) is 5.06. The lowest BCUT2D eigenvalue weighted by Crippen LogP contribution is -2.55. The molecule has 1 aromatic heterocycles. The predicted molar refractivity (Wildman–Crippen MR) is 83.7 cm³/mol. The van der Waals surface area contributed by atoms with E-state index in [4.69, 9.17) is 0 Å². The fraction of sp³-hybridized carbons (Fsp3) is 0.786. The lowest BCUT2D eigenvalue weighted by Gasteiger charge is -2.37. The quantitative estimate of drug-likeness (QED) is 0.898. The van der Waals surface area contributed by atoms with Crippen LogP contribution in [0.5, 0.6) is 0 Å². The minimum atomic E-state index is 0.0403. The molecule has 0 unspecified atom stereocenters. The van der Waals surface area contributed by atoms with Crippen LogP contribution in [0.25, 0.3) is 0 Å². The summed E-state index contributed by atoms with van der Waals surface area (Å²) in [6, 6.07) is 0.0403. The van der Waals surface area contributed by atoms with Gasteiger partial charge in [-0.25, -0.2) is 4.98 Å². The number of carbonyl (C=O) groups is 1. The van der Waals surface area contributed by atoms with E-state index in [1.54, 1.807) is 0 Å². The number of rotatable bonds is 3. The molecule has 0 spiro atoms. The minimum absolute atomic E-state index is 0.0403. The van der Waals surface area contributed by atoms with Gasteiger partial charge in [-0.05, 0) is 19.4 Å². The van der Waals surface area contributed by atoms with Crippen LogP contribution in [-0.2, 0) is 11.2 Å². The molecule has 1 N–H and O–H groups in total. The number of aryl methyl sites for hydroxylation is 1. The first-order chi connectivity index (χ1) is 10.3. The van der Waals surface area contributed by atoms with Gasteiger partial charge in [0.1, 0.15) is 5.82 Å². The van der Waals surface area contributed by atoms with Gasteiger partial charge in [0, 0.05) is 44.1 Å². The van der Waals surface area contributed by atoms with Crippen LogP contribution in [-0.4, -0.2) is 58.9 Å². The Morgan fingerprint density at radius 2 is 2.14 bits per heavy atom. The van der Waals surface area contributed by atoms with E-state index in [1.165, 1.54) is 18.0 Å². The van der Waals surface area contributed by atoms with E-state index in [0.717, 1.165) is 62.9 Å². The standard InChI is InChI=1S/C14H23N5OS/c1-2-12-16-14(21-17-12)19-9-7-18(8-10-19)13(20)11-5-3-4-6-15-11/h11,15H,2-10H2,1H3/t11-/m1/s1. The van der Waals surface area contributed by atoms with E-state index in [0.29, 0.717) is 0 Å². The predicted octanol–water partition coefficient (Wildman–Crippen LogP) is 0.891. The molecule has 3 rings (SSSR count). The van der Waals surface area contributed by atoms with E-state index in [9.17, 15) is 4.79 Å². The van der Waals surface area contributed by atoms with Gasteiger partial charge in [-0.3, -0.25) is 4.79 Å². The van der Waals surface area contributed by atoms with Gasteiger partial charge in [0.15, 0.2) is 0 Å². The summed E-state index contributed by atoms with van der Waals surface area (Å²) in [4.78, 5) is 21.2. The Hall–Kier alpha value is -1.21. The zero-order valence-corrected chi connectivity index (χ0v) is 13.4. The molecule has 1 amide bonds. The van der Waals surface area contributed by atoms with Crippen molar-refractivity contribution in [1.29, 1.82) is 0 Å². The molecule has 0 aliphatic carbocycles. The SMILES string of the molecule is CCc1nsc(N2CCN(C(=O)[C@H]3CCCCN3)CC2)n1. The highest BCUT2D eigenvalue weighted by Gasteiger charge is 2.28. The monoisotopic (exact) mass is 309 g/mol. The van der Waals surface area contributed by atoms with E-state index < -0.39 is 0 Å². The third-order valence-electron chi connectivity index (χ3n) is 4.24. The van der Waals surface area contributed by atoms with Crippen LogP contribution in [0.2, 0.25) is 0 Å². The highest BCUT2D eigenvalue weighted by atomic mass is 32.1. The van der Waals surface area contributed by atoms with Crippen LogP contribution < -0.4 is 10.2 Å². The average Bonchev–Trinajstić information content (AvgIpc) is 3.04. The maximum atomic E-state index is 12.5. The highest BCUT2D eigenvalue weighted by molar-refractivity contribution is 7.09. The van der Waals surface area contributed by atoms with E-state index >= 15 is 0 Å². The van der Waals surface area contributed by atoms with Crippen molar-refractivity contribution in [1.82, 2.24) is 19.6 Å². The smallest absolute Gasteiger partial charge is 0.239 e. The summed E-state index contributed by atoms with van der Waals surface area (Å²) in [7, 11) is 0. The Balaban J connectivity index is 1.53. The summed E-state index contributed by atoms with van der Waals surface area (Å²) < 4.78 is 4.34. The van der Waals surface area contributed by atoms with E-state index in [2.05, 4.69) is 26.5 Å². The van der Waals surface area contributed by atoms with Gasteiger partial charge in [-0.15, -0.1) is 0 Å². The lowest BCUT2D eigenvalue weighted by atomic mass is 10.0. The van der Waals surface area contributed by atoms with Crippen molar-refractivity contribution in [3.8, 4) is 0 Å². The number of nitrogens with zero attached hydrogens (tertiary/aromatic N) is 4. The van der Waals surface area contributed by atoms with Crippen LogP contribution in [0, 0.1) is 0 Å². The second-order valence-electron chi connectivity index (χ2n) is 5.66. The number of nitrogens with one attached hydrogen (secondary N) is 1. The summed E-state index contributed by atoms with van der Waals surface area (Å²) >= 11 is 1.47. The molecular weight excluding hydrogens is 286 g/mol. The summed E-state index contributed by atoms with van der Waals surface area (Å²) in [5.41, 5.74) is 0. The summed E-state index contributed by atoms with van der Waals surface area (Å²) in [5.74, 6) is 1.20. The topological polar surface area (TPSA) is 61.4 Å². The van der Waals surface area contributed by atoms with Crippen molar-refractivity contribution in [2.45, 2.75) is 38.6 Å². The molecule has 0 saturated carbocycles. The van der Waals surface area contributed by atoms with Gasteiger partial charge >= 0.3 is 0 Å². The zero-order chi connectivity index (χ0) is 14.7. The maximum absolute atomic E-state index is 12.5. The number of amides is 1. The van der Waals surface area contributed by atoms with Gasteiger partial charge < -0.3 is 15.1 Å². The zero-order valence-electron chi connectivity index (χ0n) is 12.5. The minimum Gasteiger partial charge on any atom is -0.343 e. The first-order valence-corrected chi connectivity index (χ1v) is 8.65. The molecule has 2 aliphatic rings. The molecule has 1 atom stereocenters. The molecular formula is C14H23N5OS. The summed E-state index contributed by atoms with van der Waals surface area (Å²) in [6.07, 6.45) is 4.21. The number of carbonyl (C=O) groups excluding carboxylic acids is 1. The van der Waals surface area contributed by atoms with Crippen LogP contribution >= 0.6 is 11.5 Å². The van der Waals surface area contributed by atoms with Crippen molar-refractivity contribution in [2.24, 2.45) is 0 Å². The van der Waals surface area contributed by atoms with Crippen LogP contribution in [0.3, 0.4) is 0 Å². The van der Waals surface area contributed by atoms with E-state index in [1.807, 2.05) is 4.90 Å². The molecule has 116 valence electrons. The van der Waals surface area contributed by atoms with Gasteiger partial charge in [0.05, 0.1) is 6.04 Å². The second-order valence-corrected chi connectivity index (χ2v) is 6.39. The van der Waals surface area contributed by atoms with Crippen molar-refractivity contribution in [3.05, 3.63) is 5.82 Å². The van der Waals surface area contributed by atoms with Crippen molar-refractivity contribution in [3.63, 3.8) is 0 Å². The molecule has 6 nitrogen and oxygen atoms in total. The van der Waals surface area contributed by atoms with Crippen molar-refractivity contribution >= 4 is 22.6 Å². The number of piperazine rings is 1. The Morgan fingerprint density at radius 3 is 2.76 bits per heavy atom. The molecule has 0 radical (unpaired) electrons. The fourth-order valence-electron chi connectivity index (χ4n) is 2.92. The van der Waals surface area contributed by atoms with Crippen molar-refractivity contribution < 1.29 is 4.79 Å². The molecule has 1 aromatic rings. The average molecular weight is 309 g/mol. The van der Waals surface area contributed by atoms with Crippen LogP contribution in [0.4, 0.5) is 5.13 Å². The van der Waals surface area contributed by atoms with Gasteiger partial charge in [0.2, 0.25) is 11.0 Å². The molecule has 3 heterocycles. The number of hydrogen-bond donors (Lipinski definition) is 1. The summed E-state index contributed by atoms with van der Waals surface area (Å²) in [5, 5.41) is 4.34. The van der Waals surface area contributed by atoms with Crippen molar-refractivity contribution in [2.75, 3.05) is 37.6 Å². The van der Waals surface area contributed by atoms with E-state index in [-0.39, 0.29) is 11.9 Å². The molecule has 0 bridgehead atoms. The molecule has 2 saturated heterocycles. The number of aromatic nitrogens is 2. The number of piperidine rings is 1.